The summed E-state index contributed by atoms with van der Waals surface area (Å²) in [5.41, 5.74) is 0.911. The maximum Gasteiger partial charge on any atom is 0.325 e. The van der Waals surface area contributed by atoms with Gasteiger partial charge < -0.3 is 5.32 Å². The molecule has 1 spiro atoms. The fourth-order valence-electron chi connectivity index (χ4n) is 3.64. The third kappa shape index (κ3) is 2.62. The van der Waals surface area contributed by atoms with Gasteiger partial charge in [0.2, 0.25) is 0 Å². The maximum absolute atomic E-state index is 13.1. The van der Waals surface area contributed by atoms with E-state index in [0.717, 1.165) is 32.7 Å². The summed E-state index contributed by atoms with van der Waals surface area (Å²) >= 11 is 4.61. The molecule has 1 aliphatic carbocycles. The van der Waals surface area contributed by atoms with Crippen molar-refractivity contribution in [3.05, 3.63) is 56.2 Å². The van der Waals surface area contributed by atoms with Crippen LogP contribution in [-0.4, -0.2) is 29.2 Å². The number of carbonyl (C=O) groups is 3. The van der Waals surface area contributed by atoms with Gasteiger partial charge in [-0.15, -0.1) is 11.3 Å². The zero-order chi connectivity index (χ0) is 17.6. The lowest BCUT2D eigenvalue weighted by atomic mass is 9.76. The Labute approximate surface area is 157 Å². The average molecular weight is 419 g/mol. The monoisotopic (exact) mass is 418 g/mol. The Bertz CT molecular complexity index is 894. The van der Waals surface area contributed by atoms with Gasteiger partial charge in [0, 0.05) is 0 Å². The van der Waals surface area contributed by atoms with E-state index < -0.39 is 11.6 Å². The largest absolute Gasteiger partial charge is 0.325 e. The topological polar surface area (TPSA) is 66.5 Å². The third-order valence-electron chi connectivity index (χ3n) is 4.80. The number of Topliss-reactive ketones (excluding diaryl/α,β-unsaturated/α-hetero) is 1. The van der Waals surface area contributed by atoms with Crippen LogP contribution in [0.25, 0.3) is 0 Å². The summed E-state index contributed by atoms with van der Waals surface area (Å²) in [5, 5.41) is 2.87. The molecule has 0 radical (unpaired) electrons. The quantitative estimate of drug-likeness (QED) is 0.612. The predicted octanol–water partition coefficient (Wildman–Crippen LogP) is 3.48. The number of rotatable bonds is 3. The highest BCUT2D eigenvalue weighted by molar-refractivity contribution is 9.11. The summed E-state index contributed by atoms with van der Waals surface area (Å²) in [4.78, 5) is 39.6. The first-order valence-electron chi connectivity index (χ1n) is 8.02. The molecule has 2 aromatic rings. The standard InChI is InChI=1S/C18H15BrN2O3S/c19-15-8-7-14(25-15)13(22)10-21-16(23)18(20-17(21)24)9-3-5-11-4-1-2-6-12(11)18/h1-2,4,6-8H,3,5,9-10H2,(H,20,24)/t18-/m0/s1. The van der Waals surface area contributed by atoms with Gasteiger partial charge in [0.1, 0.15) is 5.54 Å². The van der Waals surface area contributed by atoms with Gasteiger partial charge in [-0.1, -0.05) is 24.3 Å². The zero-order valence-electron chi connectivity index (χ0n) is 13.3. The molecule has 1 N–H and O–H groups in total. The Morgan fingerprint density at radius 2 is 2.04 bits per heavy atom. The van der Waals surface area contributed by atoms with E-state index in [2.05, 4.69) is 21.2 Å². The van der Waals surface area contributed by atoms with Gasteiger partial charge in [-0.2, -0.15) is 0 Å². The van der Waals surface area contributed by atoms with Crippen LogP contribution in [0.1, 0.15) is 33.6 Å². The molecular formula is C18H15BrN2O3S. The Morgan fingerprint density at radius 3 is 2.80 bits per heavy atom. The molecule has 1 aromatic heterocycles. The Hall–Kier alpha value is -1.99. The van der Waals surface area contributed by atoms with Crippen molar-refractivity contribution in [2.45, 2.75) is 24.8 Å². The summed E-state index contributed by atoms with van der Waals surface area (Å²) in [6, 6.07) is 10.7. The minimum absolute atomic E-state index is 0.235. The van der Waals surface area contributed by atoms with E-state index in [9.17, 15) is 14.4 Å². The second-order valence-electron chi connectivity index (χ2n) is 6.26. The van der Waals surface area contributed by atoms with Crippen LogP contribution in [0, 0.1) is 0 Å². The van der Waals surface area contributed by atoms with E-state index in [1.807, 2.05) is 24.3 Å². The van der Waals surface area contributed by atoms with Gasteiger partial charge in [-0.3, -0.25) is 14.5 Å². The molecule has 4 rings (SSSR count). The van der Waals surface area contributed by atoms with E-state index >= 15 is 0 Å². The number of hydrogen-bond donors (Lipinski definition) is 1. The highest BCUT2D eigenvalue weighted by atomic mass is 79.9. The molecule has 1 fully saturated rings. The maximum atomic E-state index is 13.1. The number of thiophene rings is 1. The summed E-state index contributed by atoms with van der Waals surface area (Å²) in [6.07, 6.45) is 2.27. The Kier molecular flexibility index (Phi) is 4.00. The molecule has 25 heavy (non-hydrogen) atoms. The Balaban J connectivity index is 1.64. The van der Waals surface area contributed by atoms with Crippen molar-refractivity contribution in [2.75, 3.05) is 6.54 Å². The molecule has 1 aromatic carbocycles. The zero-order valence-corrected chi connectivity index (χ0v) is 15.7. The van der Waals surface area contributed by atoms with Crippen molar-refractivity contribution in [2.24, 2.45) is 0 Å². The van der Waals surface area contributed by atoms with Crippen LogP contribution in [0.5, 0.6) is 0 Å². The van der Waals surface area contributed by atoms with Crippen LogP contribution in [0.15, 0.2) is 40.2 Å². The van der Waals surface area contributed by atoms with Crippen LogP contribution in [-0.2, 0) is 16.8 Å². The highest BCUT2D eigenvalue weighted by Gasteiger charge is 2.54. The number of aryl methyl sites for hydroxylation is 1. The molecule has 3 amide bonds. The lowest BCUT2D eigenvalue weighted by Gasteiger charge is -2.33. The number of halogens is 1. The molecule has 5 nitrogen and oxygen atoms in total. The molecule has 0 bridgehead atoms. The smallest absolute Gasteiger partial charge is 0.319 e. The van der Waals surface area contributed by atoms with Gasteiger partial charge >= 0.3 is 6.03 Å². The molecule has 2 heterocycles. The number of hydrogen-bond acceptors (Lipinski definition) is 4. The average Bonchev–Trinajstić information content (AvgIpc) is 3.13. The van der Waals surface area contributed by atoms with Crippen molar-refractivity contribution in [3.63, 3.8) is 0 Å². The molecule has 7 heteroatoms. The summed E-state index contributed by atoms with van der Waals surface area (Å²) in [5.74, 6) is -0.561. The van der Waals surface area contributed by atoms with Gasteiger partial charge in [0.15, 0.2) is 5.78 Å². The molecule has 2 aliphatic rings. The van der Waals surface area contributed by atoms with Crippen LogP contribution >= 0.6 is 27.3 Å². The number of nitrogens with one attached hydrogen (secondary N) is 1. The van der Waals surface area contributed by atoms with Gasteiger partial charge in [-0.05, 0) is 58.5 Å². The number of imide groups is 1. The second-order valence-corrected chi connectivity index (χ2v) is 8.73. The van der Waals surface area contributed by atoms with E-state index in [4.69, 9.17) is 0 Å². The first kappa shape index (κ1) is 16.5. The number of urea groups is 1. The van der Waals surface area contributed by atoms with Crippen molar-refractivity contribution in [1.29, 1.82) is 0 Å². The fraction of sp³-hybridized carbons (Fsp3) is 0.278. The Morgan fingerprint density at radius 1 is 1.24 bits per heavy atom. The van der Waals surface area contributed by atoms with E-state index in [-0.39, 0.29) is 18.2 Å². The number of benzene rings is 1. The second kappa shape index (κ2) is 6.07. The molecule has 0 unspecified atom stereocenters. The van der Waals surface area contributed by atoms with Crippen LogP contribution in [0.2, 0.25) is 0 Å². The summed E-state index contributed by atoms with van der Waals surface area (Å²) in [7, 11) is 0. The molecule has 128 valence electrons. The SMILES string of the molecule is O=C(CN1C(=O)N[C@]2(CCCc3ccccc32)C1=O)c1ccc(Br)s1. The van der Waals surface area contributed by atoms with E-state index in [1.165, 1.54) is 11.3 Å². The number of carbonyl (C=O) groups excluding carboxylic acids is 3. The normalized spacial score (nSPS) is 22.2. The lowest BCUT2D eigenvalue weighted by Crippen LogP contribution is -2.46. The highest BCUT2D eigenvalue weighted by Crippen LogP contribution is 2.40. The first-order chi connectivity index (χ1) is 12.0. The predicted molar refractivity (Wildman–Crippen MR) is 97.7 cm³/mol. The molecule has 1 saturated heterocycles. The molecule has 1 atom stereocenters. The van der Waals surface area contributed by atoms with Crippen molar-refractivity contribution >= 4 is 45.0 Å². The molecular weight excluding hydrogens is 404 g/mol. The minimum Gasteiger partial charge on any atom is -0.319 e. The van der Waals surface area contributed by atoms with Gasteiger partial charge in [-0.25, -0.2) is 4.79 Å². The van der Waals surface area contributed by atoms with E-state index in [1.54, 1.807) is 12.1 Å². The van der Waals surface area contributed by atoms with Gasteiger partial charge in [0.05, 0.1) is 15.2 Å². The molecule has 0 saturated carbocycles. The van der Waals surface area contributed by atoms with Crippen LogP contribution in [0.4, 0.5) is 4.79 Å². The fourth-order valence-corrected chi connectivity index (χ4v) is 4.96. The van der Waals surface area contributed by atoms with Crippen molar-refractivity contribution in [1.82, 2.24) is 10.2 Å². The first-order valence-corrected chi connectivity index (χ1v) is 9.63. The molecule has 1 aliphatic heterocycles. The number of nitrogens with zero attached hydrogens (tertiary/aromatic N) is 1. The van der Waals surface area contributed by atoms with Crippen molar-refractivity contribution in [3.8, 4) is 0 Å². The number of ketones is 1. The number of fused-ring (bicyclic) bond motifs is 2. The third-order valence-corrected chi connectivity index (χ3v) is 6.47. The van der Waals surface area contributed by atoms with E-state index in [0.29, 0.717) is 11.3 Å². The summed E-state index contributed by atoms with van der Waals surface area (Å²) in [6.45, 7) is -0.235. The summed E-state index contributed by atoms with van der Waals surface area (Å²) < 4.78 is 0.839. The van der Waals surface area contributed by atoms with Gasteiger partial charge in [0.25, 0.3) is 5.91 Å². The lowest BCUT2D eigenvalue weighted by molar-refractivity contribution is -0.131. The van der Waals surface area contributed by atoms with Crippen molar-refractivity contribution < 1.29 is 14.4 Å². The van der Waals surface area contributed by atoms with Crippen LogP contribution in [0.3, 0.4) is 0 Å². The number of amides is 3. The van der Waals surface area contributed by atoms with Crippen LogP contribution < -0.4 is 5.32 Å². The minimum atomic E-state index is -1.03.